The molecule has 1 aromatic carbocycles. The largest absolute Gasteiger partial charge is 0.488 e. The summed E-state index contributed by atoms with van der Waals surface area (Å²) < 4.78 is 5.82. The Balaban J connectivity index is 1.70. The number of ether oxygens (including phenoxy) is 1. The topological polar surface area (TPSA) is 59.6 Å². The maximum Gasteiger partial charge on any atom is 0.189 e. The molecule has 2 atom stereocenters. The number of para-hydroxylation sites is 1. The quantitative estimate of drug-likeness (QED) is 0.643. The van der Waals surface area contributed by atoms with E-state index in [1.165, 1.54) is 32.1 Å². The number of nitrogens with two attached hydrogens (primary N) is 1. The van der Waals surface area contributed by atoms with Crippen LogP contribution in [0.2, 0.25) is 0 Å². The van der Waals surface area contributed by atoms with Crippen molar-refractivity contribution >= 4 is 5.96 Å². The summed E-state index contributed by atoms with van der Waals surface area (Å²) in [5, 5.41) is 3.37. The summed E-state index contributed by atoms with van der Waals surface area (Å²) in [5.74, 6) is 1.48. The molecule has 0 amide bonds. The second-order valence-corrected chi connectivity index (χ2v) is 5.80. The van der Waals surface area contributed by atoms with Gasteiger partial charge in [-0.3, -0.25) is 0 Å². The van der Waals surface area contributed by atoms with Gasteiger partial charge in [0, 0.05) is 11.6 Å². The van der Waals surface area contributed by atoms with E-state index in [1.54, 1.807) is 0 Å². The molecule has 4 nitrogen and oxygen atoms in total. The molecule has 0 aromatic heterocycles. The molecule has 4 heteroatoms. The minimum absolute atomic E-state index is 0.00212. The second-order valence-electron chi connectivity index (χ2n) is 5.80. The average Bonchev–Trinajstić information content (AvgIpc) is 2.76. The minimum atomic E-state index is 0.00212. The van der Waals surface area contributed by atoms with Gasteiger partial charge in [0.15, 0.2) is 5.96 Å². The fourth-order valence-electron chi connectivity index (χ4n) is 3.17. The molecule has 0 spiro atoms. The standard InChI is InChI=1S/C16H23N3O/c1-11-15(13-9-5-6-10-14(13)20-11)19-16(17)18-12-7-3-2-4-8-12/h5-6,9-12,15H,2-4,7-8H2,1H3,(H3,17,18,19). The molecule has 0 bridgehead atoms. The molecule has 3 N–H and O–H groups in total. The molecule has 0 saturated heterocycles. The Morgan fingerprint density at radius 2 is 2.00 bits per heavy atom. The molecule has 3 rings (SSSR count). The van der Waals surface area contributed by atoms with Crippen LogP contribution < -0.4 is 15.8 Å². The number of hydrogen-bond acceptors (Lipinski definition) is 2. The van der Waals surface area contributed by atoms with Crippen LogP contribution >= 0.6 is 0 Å². The highest BCUT2D eigenvalue weighted by molar-refractivity contribution is 5.78. The van der Waals surface area contributed by atoms with E-state index in [0.29, 0.717) is 12.0 Å². The summed E-state index contributed by atoms with van der Waals surface area (Å²) in [4.78, 5) is 4.65. The van der Waals surface area contributed by atoms with Crippen molar-refractivity contribution in [3.8, 4) is 5.75 Å². The minimum Gasteiger partial charge on any atom is -0.488 e. The van der Waals surface area contributed by atoms with Gasteiger partial charge in [-0.1, -0.05) is 37.5 Å². The van der Waals surface area contributed by atoms with Crippen LogP contribution in [-0.2, 0) is 0 Å². The Kier molecular flexibility index (Phi) is 3.81. The lowest BCUT2D eigenvalue weighted by molar-refractivity contribution is 0.228. The Bertz CT molecular complexity index is 494. The van der Waals surface area contributed by atoms with Crippen LogP contribution in [0.3, 0.4) is 0 Å². The summed E-state index contributed by atoms with van der Waals surface area (Å²) in [6, 6.07) is 8.56. The predicted molar refractivity (Wildman–Crippen MR) is 80.9 cm³/mol. The maximum atomic E-state index is 6.09. The van der Waals surface area contributed by atoms with E-state index < -0.39 is 0 Å². The second kappa shape index (κ2) is 5.73. The smallest absolute Gasteiger partial charge is 0.189 e. The highest BCUT2D eigenvalue weighted by Gasteiger charge is 2.30. The Morgan fingerprint density at radius 1 is 1.25 bits per heavy atom. The van der Waals surface area contributed by atoms with E-state index >= 15 is 0 Å². The molecule has 2 aliphatic rings. The number of nitrogens with one attached hydrogen (secondary N) is 1. The third-order valence-electron chi connectivity index (χ3n) is 4.23. The van der Waals surface area contributed by atoms with Crippen LogP contribution in [0.5, 0.6) is 5.75 Å². The van der Waals surface area contributed by atoms with Crippen LogP contribution in [0.25, 0.3) is 0 Å². The lowest BCUT2D eigenvalue weighted by Gasteiger charge is -2.23. The molecule has 108 valence electrons. The van der Waals surface area contributed by atoms with Crippen LogP contribution in [0, 0.1) is 0 Å². The molecule has 20 heavy (non-hydrogen) atoms. The van der Waals surface area contributed by atoms with Gasteiger partial charge in [-0.2, -0.15) is 0 Å². The van der Waals surface area contributed by atoms with Crippen LogP contribution in [0.15, 0.2) is 29.3 Å². The van der Waals surface area contributed by atoms with Crippen LogP contribution in [0.4, 0.5) is 0 Å². The first kappa shape index (κ1) is 13.3. The van der Waals surface area contributed by atoms with Crippen LogP contribution in [0.1, 0.15) is 50.6 Å². The highest BCUT2D eigenvalue weighted by Crippen LogP contribution is 2.38. The lowest BCUT2D eigenvalue weighted by atomic mass is 9.96. The fraction of sp³-hybridized carbons (Fsp3) is 0.562. The third kappa shape index (κ3) is 2.74. The lowest BCUT2D eigenvalue weighted by Crippen LogP contribution is -2.41. The first-order valence-corrected chi connectivity index (χ1v) is 7.59. The van der Waals surface area contributed by atoms with E-state index in [2.05, 4.69) is 16.4 Å². The van der Waals surface area contributed by atoms with E-state index in [0.717, 1.165) is 11.3 Å². The van der Waals surface area contributed by atoms with Gasteiger partial charge < -0.3 is 15.8 Å². The van der Waals surface area contributed by atoms with E-state index in [9.17, 15) is 0 Å². The maximum absolute atomic E-state index is 6.09. The van der Waals surface area contributed by atoms with Gasteiger partial charge in [0.25, 0.3) is 0 Å². The monoisotopic (exact) mass is 273 g/mol. The van der Waals surface area contributed by atoms with Crippen molar-refractivity contribution in [1.29, 1.82) is 0 Å². The van der Waals surface area contributed by atoms with E-state index in [4.69, 9.17) is 10.5 Å². The number of nitrogens with zero attached hydrogens (tertiary/aromatic N) is 1. The van der Waals surface area contributed by atoms with Crippen molar-refractivity contribution < 1.29 is 4.74 Å². The molecular weight excluding hydrogens is 250 g/mol. The molecular formula is C16H23N3O. The molecule has 1 aliphatic heterocycles. The Hall–Kier alpha value is -1.71. The van der Waals surface area contributed by atoms with Gasteiger partial charge in [0.1, 0.15) is 17.9 Å². The highest BCUT2D eigenvalue weighted by atomic mass is 16.5. The zero-order valence-electron chi connectivity index (χ0n) is 12.0. The third-order valence-corrected chi connectivity index (χ3v) is 4.23. The number of fused-ring (bicyclic) bond motifs is 1. The average molecular weight is 273 g/mol. The first-order valence-electron chi connectivity index (χ1n) is 7.59. The van der Waals surface area contributed by atoms with Crippen molar-refractivity contribution in [2.75, 3.05) is 0 Å². The van der Waals surface area contributed by atoms with Crippen molar-refractivity contribution in [3.05, 3.63) is 29.8 Å². The van der Waals surface area contributed by atoms with Crippen molar-refractivity contribution in [1.82, 2.24) is 5.32 Å². The summed E-state index contributed by atoms with van der Waals surface area (Å²) in [6.07, 6.45) is 6.36. The van der Waals surface area contributed by atoms with Gasteiger partial charge in [0.05, 0.1) is 0 Å². The Labute approximate surface area is 120 Å². The van der Waals surface area contributed by atoms with Gasteiger partial charge in [0.2, 0.25) is 0 Å². The van der Waals surface area contributed by atoms with Crippen molar-refractivity contribution in [2.24, 2.45) is 10.7 Å². The number of hydrogen-bond donors (Lipinski definition) is 2. The Morgan fingerprint density at radius 3 is 2.80 bits per heavy atom. The molecule has 2 unspecified atom stereocenters. The molecule has 1 fully saturated rings. The predicted octanol–water partition coefficient (Wildman–Crippen LogP) is 2.75. The van der Waals surface area contributed by atoms with Gasteiger partial charge in [-0.15, -0.1) is 0 Å². The molecule has 1 aliphatic carbocycles. The molecule has 0 radical (unpaired) electrons. The normalized spacial score (nSPS) is 26.9. The number of guanidine groups is 1. The van der Waals surface area contributed by atoms with Crippen molar-refractivity contribution in [2.45, 2.75) is 57.2 Å². The number of aliphatic imine (C=N–C) groups is 1. The summed E-state index contributed by atoms with van der Waals surface area (Å²) in [7, 11) is 0. The zero-order valence-corrected chi connectivity index (χ0v) is 12.0. The SMILES string of the molecule is CC1Oc2ccccc2C1N=C(N)NC1CCCCC1. The van der Waals surface area contributed by atoms with Crippen LogP contribution in [-0.4, -0.2) is 18.1 Å². The zero-order chi connectivity index (χ0) is 13.9. The van der Waals surface area contributed by atoms with Gasteiger partial charge in [-0.05, 0) is 25.8 Å². The molecule has 1 saturated carbocycles. The van der Waals surface area contributed by atoms with E-state index in [-0.39, 0.29) is 12.1 Å². The summed E-state index contributed by atoms with van der Waals surface area (Å²) in [5.41, 5.74) is 7.22. The summed E-state index contributed by atoms with van der Waals surface area (Å²) >= 11 is 0. The number of benzene rings is 1. The van der Waals surface area contributed by atoms with Gasteiger partial charge >= 0.3 is 0 Å². The molecule has 1 heterocycles. The summed E-state index contributed by atoms with van der Waals surface area (Å²) in [6.45, 7) is 2.04. The van der Waals surface area contributed by atoms with Gasteiger partial charge in [-0.25, -0.2) is 4.99 Å². The van der Waals surface area contributed by atoms with E-state index in [1.807, 2.05) is 25.1 Å². The molecule has 1 aromatic rings. The fourth-order valence-corrected chi connectivity index (χ4v) is 3.17. The van der Waals surface area contributed by atoms with Crippen molar-refractivity contribution in [3.63, 3.8) is 0 Å². The number of rotatable bonds is 2. The first-order chi connectivity index (χ1) is 9.74.